The number of hydrogen-bond acceptors (Lipinski definition) is 3. The smallest absolute Gasteiger partial charge is 0.197 e. The van der Waals surface area contributed by atoms with Crippen molar-refractivity contribution in [3.63, 3.8) is 0 Å². The Balaban J connectivity index is 0.000000648. The molecule has 0 spiro atoms. The number of carbonyl (C=O) groups excluding carboxylic acids is 1. The van der Waals surface area contributed by atoms with Gasteiger partial charge in [-0.05, 0) is 42.7 Å². The molecule has 0 aliphatic heterocycles. The lowest BCUT2D eigenvalue weighted by Crippen LogP contribution is -2.18. The zero-order valence-electron chi connectivity index (χ0n) is 14.9. The number of benzene rings is 1. The largest absolute Gasteiger partial charge is 0.334 e. The highest BCUT2D eigenvalue weighted by Gasteiger charge is 2.14. The van der Waals surface area contributed by atoms with E-state index in [1.807, 2.05) is 0 Å². The van der Waals surface area contributed by atoms with Gasteiger partial charge < -0.3 is 4.57 Å². The molecule has 0 fully saturated rings. The van der Waals surface area contributed by atoms with Crippen LogP contribution in [0.1, 0.15) is 42.3 Å². The van der Waals surface area contributed by atoms with Crippen LogP contribution >= 0.6 is 0 Å². The SMILES string of the molecule is C=N/N=c1/ccc(C(=O)c2ccc(C)cc2F)cn1C.CC(C)C. The highest BCUT2D eigenvalue weighted by molar-refractivity contribution is 6.08. The van der Waals surface area contributed by atoms with Crippen molar-refractivity contribution in [2.75, 3.05) is 0 Å². The zero-order chi connectivity index (χ0) is 18.3. The lowest BCUT2D eigenvalue weighted by molar-refractivity contribution is 0.103. The third-order valence-electron chi connectivity index (χ3n) is 2.91. The van der Waals surface area contributed by atoms with E-state index in [-0.39, 0.29) is 11.3 Å². The number of aryl methyl sites for hydroxylation is 2. The molecule has 2 aromatic rings. The van der Waals surface area contributed by atoms with Gasteiger partial charge in [0.05, 0.1) is 5.56 Å². The molecule has 0 saturated heterocycles. The molecule has 1 aromatic heterocycles. The van der Waals surface area contributed by atoms with Crippen molar-refractivity contribution in [3.05, 3.63) is 64.5 Å². The highest BCUT2D eigenvalue weighted by Crippen LogP contribution is 2.14. The fourth-order valence-corrected chi connectivity index (χ4v) is 1.87. The third kappa shape index (κ3) is 5.57. The summed E-state index contributed by atoms with van der Waals surface area (Å²) in [6.45, 7) is 11.5. The molecule has 1 aromatic carbocycles. The molecule has 0 atom stereocenters. The van der Waals surface area contributed by atoms with Crippen LogP contribution in [0, 0.1) is 18.7 Å². The number of pyridine rings is 1. The summed E-state index contributed by atoms with van der Waals surface area (Å²) in [5, 5.41) is 7.23. The summed E-state index contributed by atoms with van der Waals surface area (Å²) in [4.78, 5) is 12.3. The number of nitrogens with zero attached hydrogens (tertiary/aromatic N) is 3. The predicted octanol–water partition coefficient (Wildman–Crippen LogP) is 3.88. The molecular formula is C19H24FN3O. The van der Waals surface area contributed by atoms with Gasteiger partial charge in [-0.1, -0.05) is 26.8 Å². The molecule has 0 N–H and O–H groups in total. The Kier molecular flexibility index (Phi) is 7.24. The number of halogens is 1. The van der Waals surface area contributed by atoms with Gasteiger partial charge in [-0.3, -0.25) is 4.79 Å². The topological polar surface area (TPSA) is 46.7 Å². The van der Waals surface area contributed by atoms with Crippen LogP contribution in [0.25, 0.3) is 0 Å². The molecular weight excluding hydrogens is 305 g/mol. The molecule has 1 heterocycles. The lowest BCUT2D eigenvalue weighted by atomic mass is 10.0. The quantitative estimate of drug-likeness (QED) is 0.479. The van der Waals surface area contributed by atoms with E-state index in [1.165, 1.54) is 12.1 Å². The second-order valence-electron chi connectivity index (χ2n) is 6.17. The standard InChI is InChI=1S/C15H14FN3O.C4H10/c1-10-4-6-12(13(16)8-10)15(20)11-5-7-14(18-17-2)19(3)9-11;1-4(2)3/h4-9H,2H2,1,3H3;4H,1-3H3/b18-14-;. The first-order chi connectivity index (χ1) is 11.3. The van der Waals surface area contributed by atoms with E-state index < -0.39 is 5.82 Å². The Morgan fingerprint density at radius 2 is 1.83 bits per heavy atom. The maximum atomic E-state index is 13.8. The number of ketones is 1. The molecule has 0 amide bonds. The summed E-state index contributed by atoms with van der Waals surface area (Å²) < 4.78 is 15.5. The minimum absolute atomic E-state index is 0.0575. The summed E-state index contributed by atoms with van der Waals surface area (Å²) in [6, 6.07) is 7.77. The molecule has 0 saturated carbocycles. The molecule has 0 unspecified atom stereocenters. The van der Waals surface area contributed by atoms with Gasteiger partial charge in [-0.15, -0.1) is 5.10 Å². The van der Waals surface area contributed by atoms with Crippen LogP contribution in [-0.2, 0) is 7.05 Å². The van der Waals surface area contributed by atoms with Gasteiger partial charge in [-0.25, -0.2) is 4.39 Å². The number of hydrogen-bond donors (Lipinski definition) is 0. The molecule has 0 bridgehead atoms. The normalized spacial score (nSPS) is 11.0. The van der Waals surface area contributed by atoms with E-state index in [1.54, 1.807) is 42.9 Å². The summed E-state index contributed by atoms with van der Waals surface area (Å²) >= 11 is 0. The maximum Gasteiger partial charge on any atom is 0.197 e. The zero-order valence-corrected chi connectivity index (χ0v) is 14.9. The van der Waals surface area contributed by atoms with E-state index in [4.69, 9.17) is 0 Å². The lowest BCUT2D eigenvalue weighted by Gasteiger charge is -2.06. The summed E-state index contributed by atoms with van der Waals surface area (Å²) in [7, 11) is 1.73. The maximum absolute atomic E-state index is 13.8. The van der Waals surface area contributed by atoms with Crippen molar-refractivity contribution >= 4 is 12.5 Å². The first kappa shape index (κ1) is 19.5. The monoisotopic (exact) mass is 329 g/mol. The van der Waals surface area contributed by atoms with Gasteiger partial charge in [0.25, 0.3) is 0 Å². The second kappa shape index (κ2) is 8.91. The van der Waals surface area contributed by atoms with E-state index in [0.717, 1.165) is 11.5 Å². The van der Waals surface area contributed by atoms with Gasteiger partial charge in [0.1, 0.15) is 5.82 Å². The average Bonchev–Trinajstić information content (AvgIpc) is 2.48. The van der Waals surface area contributed by atoms with E-state index in [0.29, 0.717) is 11.1 Å². The molecule has 0 aliphatic rings. The third-order valence-corrected chi connectivity index (χ3v) is 2.91. The number of aromatic nitrogens is 1. The van der Waals surface area contributed by atoms with E-state index in [2.05, 4.69) is 37.7 Å². The average molecular weight is 329 g/mol. The fourth-order valence-electron chi connectivity index (χ4n) is 1.87. The van der Waals surface area contributed by atoms with Crippen LogP contribution in [-0.4, -0.2) is 17.1 Å². The first-order valence-electron chi connectivity index (χ1n) is 7.73. The van der Waals surface area contributed by atoms with Crippen molar-refractivity contribution in [1.29, 1.82) is 0 Å². The Hall–Kier alpha value is -2.56. The summed E-state index contributed by atoms with van der Waals surface area (Å²) in [5.41, 5.74) is 1.78. The Bertz CT molecular complexity index is 789. The van der Waals surface area contributed by atoms with Crippen molar-refractivity contribution in [3.8, 4) is 0 Å². The molecule has 24 heavy (non-hydrogen) atoms. The molecule has 128 valence electrons. The minimum Gasteiger partial charge on any atom is -0.334 e. The van der Waals surface area contributed by atoms with E-state index in [9.17, 15) is 9.18 Å². The van der Waals surface area contributed by atoms with Crippen LogP contribution in [0.3, 0.4) is 0 Å². The molecule has 0 radical (unpaired) electrons. The predicted molar refractivity (Wildman–Crippen MR) is 95.6 cm³/mol. The number of carbonyl (C=O) groups is 1. The first-order valence-corrected chi connectivity index (χ1v) is 7.73. The van der Waals surface area contributed by atoms with Gasteiger partial charge in [0.15, 0.2) is 11.3 Å². The summed E-state index contributed by atoms with van der Waals surface area (Å²) in [6.07, 6.45) is 1.59. The van der Waals surface area contributed by atoms with Crippen LogP contribution in [0.4, 0.5) is 4.39 Å². The van der Waals surface area contributed by atoms with Crippen LogP contribution in [0.5, 0.6) is 0 Å². The van der Waals surface area contributed by atoms with E-state index >= 15 is 0 Å². The van der Waals surface area contributed by atoms with Crippen LogP contribution in [0.2, 0.25) is 0 Å². The van der Waals surface area contributed by atoms with Gasteiger partial charge in [-0.2, -0.15) is 5.10 Å². The second-order valence-corrected chi connectivity index (χ2v) is 6.17. The molecule has 2 rings (SSSR count). The highest BCUT2D eigenvalue weighted by atomic mass is 19.1. The summed E-state index contributed by atoms with van der Waals surface area (Å²) in [5.74, 6) is -0.0459. The Morgan fingerprint density at radius 3 is 2.33 bits per heavy atom. The minimum atomic E-state index is -0.515. The molecule has 5 heteroatoms. The van der Waals surface area contributed by atoms with Gasteiger partial charge >= 0.3 is 0 Å². The van der Waals surface area contributed by atoms with Gasteiger partial charge in [0.2, 0.25) is 0 Å². The van der Waals surface area contributed by atoms with Crippen molar-refractivity contribution in [2.24, 2.45) is 23.2 Å². The Labute approximate surface area is 142 Å². The molecule has 4 nitrogen and oxygen atoms in total. The van der Waals surface area contributed by atoms with Crippen LogP contribution < -0.4 is 5.49 Å². The Morgan fingerprint density at radius 1 is 1.21 bits per heavy atom. The van der Waals surface area contributed by atoms with Crippen molar-refractivity contribution < 1.29 is 9.18 Å². The van der Waals surface area contributed by atoms with Crippen LogP contribution in [0.15, 0.2) is 46.7 Å². The number of rotatable bonds is 3. The van der Waals surface area contributed by atoms with Crippen molar-refractivity contribution in [2.45, 2.75) is 27.7 Å². The van der Waals surface area contributed by atoms with Gasteiger partial charge in [0, 0.05) is 25.5 Å². The van der Waals surface area contributed by atoms with Crippen molar-refractivity contribution in [1.82, 2.24) is 4.57 Å². The fraction of sp³-hybridized carbons (Fsp3) is 0.316. The molecule has 0 aliphatic carbocycles.